The number of para-hydroxylation sites is 4. The maximum absolute atomic E-state index is 5.03. The first-order valence-electron chi connectivity index (χ1n) is 25.4. The first-order valence-corrected chi connectivity index (χ1v) is 25.4. The van der Waals surface area contributed by atoms with Crippen molar-refractivity contribution < 1.29 is 0 Å². The number of rotatable bonds is 8. The van der Waals surface area contributed by atoms with Crippen LogP contribution in [-0.4, -0.2) is 28.7 Å². The Morgan fingerprint density at radius 2 is 0.520 bits per heavy atom. The van der Waals surface area contributed by atoms with Crippen LogP contribution in [0.2, 0.25) is 0 Å². The fourth-order valence-electron chi connectivity index (χ4n) is 11.4. The third-order valence-electron chi connectivity index (χ3n) is 14.9. The van der Waals surface area contributed by atoms with Gasteiger partial charge in [0.05, 0.1) is 33.1 Å². The quantitative estimate of drug-likeness (QED) is 0.152. The third kappa shape index (κ3) is 7.07. The molecule has 0 N–H and O–H groups in total. The molecular formula is C69H44N6. The van der Waals surface area contributed by atoms with Gasteiger partial charge in [-0.2, -0.15) is 0 Å². The molecule has 6 nitrogen and oxygen atoms in total. The van der Waals surface area contributed by atoms with Crippen LogP contribution in [0.25, 0.3) is 139 Å². The average Bonchev–Trinajstić information content (AvgIpc) is 4.13. The van der Waals surface area contributed by atoms with Gasteiger partial charge in [-0.05, 0) is 113 Å². The van der Waals surface area contributed by atoms with Crippen LogP contribution in [0.15, 0.2) is 267 Å². The van der Waals surface area contributed by atoms with Crippen LogP contribution >= 0.6 is 0 Å². The summed E-state index contributed by atoms with van der Waals surface area (Å²) in [5.74, 6) is 1.91. The number of hydrogen-bond acceptors (Lipinski definition) is 3. The van der Waals surface area contributed by atoms with E-state index in [9.17, 15) is 0 Å². The van der Waals surface area contributed by atoms with Crippen molar-refractivity contribution >= 4 is 65.4 Å². The van der Waals surface area contributed by atoms with Crippen molar-refractivity contribution in [3.8, 4) is 73.5 Å². The van der Waals surface area contributed by atoms with E-state index in [1.807, 2.05) is 60.7 Å². The minimum atomic E-state index is 0.629. The molecule has 6 heteroatoms. The molecule has 0 fully saturated rings. The largest absolute Gasteiger partial charge is 0.309 e. The molecule has 0 atom stereocenters. The van der Waals surface area contributed by atoms with Gasteiger partial charge in [0.1, 0.15) is 0 Å². The molecule has 0 unspecified atom stereocenters. The lowest BCUT2D eigenvalue weighted by atomic mass is 10.0. The first kappa shape index (κ1) is 42.5. The number of benzene rings is 11. The molecule has 0 bridgehead atoms. The van der Waals surface area contributed by atoms with Gasteiger partial charge in [-0.15, -0.1) is 0 Å². The fraction of sp³-hybridized carbons (Fsp3) is 0. The fourth-order valence-corrected chi connectivity index (χ4v) is 11.4. The van der Waals surface area contributed by atoms with Crippen molar-refractivity contribution in [2.24, 2.45) is 0 Å². The van der Waals surface area contributed by atoms with E-state index in [-0.39, 0.29) is 0 Å². The average molecular weight is 957 g/mol. The highest BCUT2D eigenvalue weighted by atomic mass is 15.0. The number of fused-ring (bicyclic) bond motifs is 9. The molecule has 0 radical (unpaired) electrons. The van der Waals surface area contributed by atoms with E-state index in [0.717, 1.165) is 55.9 Å². The van der Waals surface area contributed by atoms with Crippen LogP contribution in [0.3, 0.4) is 0 Å². The van der Waals surface area contributed by atoms with Crippen molar-refractivity contribution in [3.63, 3.8) is 0 Å². The maximum Gasteiger partial charge on any atom is 0.164 e. The van der Waals surface area contributed by atoms with Crippen LogP contribution in [0, 0.1) is 0 Å². The standard InChI is InChI=1S/C69H44N6/c1-4-18-45(19-5-1)67-70-68(46-20-6-2-7-21-46)72-69(71-67)51-24-16-22-47(40-51)48-23-17-27-53(41-48)74-63-33-15-12-30-57(63)58-42-49(34-37-64(58)74)50-35-38-65-59(43-50)60-44-54(36-39-66(60)73(65)52-25-8-3-9-26-52)75-61-31-13-10-28-55(61)56-29-11-14-32-62(56)75/h1-44H. The van der Waals surface area contributed by atoms with Gasteiger partial charge in [0.25, 0.3) is 0 Å². The zero-order chi connectivity index (χ0) is 49.4. The van der Waals surface area contributed by atoms with Gasteiger partial charge in [0, 0.05) is 66.1 Å². The topological polar surface area (TPSA) is 53.5 Å². The highest BCUT2D eigenvalue weighted by Crippen LogP contribution is 2.41. The summed E-state index contributed by atoms with van der Waals surface area (Å²) in [6.45, 7) is 0. The molecule has 15 aromatic rings. The van der Waals surface area contributed by atoms with E-state index in [1.54, 1.807) is 0 Å². The van der Waals surface area contributed by atoms with Crippen LogP contribution in [0.1, 0.15) is 0 Å². The SMILES string of the molecule is c1ccc(-c2nc(-c3ccccc3)nc(-c3cccc(-c4cccc(-n5c6ccccc6c6cc(-c7ccc8c(c7)c7cc(-n9c%10ccccc%10c%10ccccc%109)ccc7n8-c7ccccc7)ccc65)c4)c3)n2)cc1. The van der Waals surface area contributed by atoms with Crippen LogP contribution in [0.4, 0.5) is 0 Å². The lowest BCUT2D eigenvalue weighted by molar-refractivity contribution is 1.07. The molecule has 15 rings (SSSR count). The van der Waals surface area contributed by atoms with Gasteiger partial charge >= 0.3 is 0 Å². The summed E-state index contributed by atoms with van der Waals surface area (Å²) in [4.78, 5) is 15.0. The van der Waals surface area contributed by atoms with Crippen LogP contribution < -0.4 is 0 Å². The highest BCUT2D eigenvalue weighted by molar-refractivity contribution is 6.14. The second-order valence-corrected chi connectivity index (χ2v) is 19.2. The van der Waals surface area contributed by atoms with E-state index in [4.69, 9.17) is 15.0 Å². The molecule has 0 saturated carbocycles. The van der Waals surface area contributed by atoms with E-state index in [1.165, 1.54) is 65.5 Å². The lowest BCUT2D eigenvalue weighted by Crippen LogP contribution is -2.00. The van der Waals surface area contributed by atoms with E-state index in [2.05, 4.69) is 220 Å². The summed E-state index contributed by atoms with van der Waals surface area (Å²) in [5.41, 5.74) is 17.7. The Balaban J connectivity index is 0.839. The zero-order valence-electron chi connectivity index (χ0n) is 40.6. The molecule has 75 heavy (non-hydrogen) atoms. The Morgan fingerprint density at radius 1 is 0.187 bits per heavy atom. The molecule has 0 amide bonds. The summed E-state index contributed by atoms with van der Waals surface area (Å²) in [6, 6.07) is 95.5. The van der Waals surface area contributed by atoms with Crippen LogP contribution in [0.5, 0.6) is 0 Å². The molecule has 0 saturated heterocycles. The second-order valence-electron chi connectivity index (χ2n) is 19.2. The minimum absolute atomic E-state index is 0.629. The highest BCUT2D eigenvalue weighted by Gasteiger charge is 2.20. The van der Waals surface area contributed by atoms with Crippen molar-refractivity contribution in [1.82, 2.24) is 28.7 Å². The Bertz CT molecular complexity index is 4590. The van der Waals surface area contributed by atoms with Gasteiger partial charge in [-0.25, -0.2) is 15.0 Å². The summed E-state index contributed by atoms with van der Waals surface area (Å²) < 4.78 is 7.22. The van der Waals surface area contributed by atoms with Crippen molar-refractivity contribution in [2.75, 3.05) is 0 Å². The molecule has 0 aliphatic heterocycles. The summed E-state index contributed by atoms with van der Waals surface area (Å²) in [7, 11) is 0. The summed E-state index contributed by atoms with van der Waals surface area (Å²) in [6.07, 6.45) is 0. The third-order valence-corrected chi connectivity index (χ3v) is 14.9. The van der Waals surface area contributed by atoms with Crippen molar-refractivity contribution in [2.45, 2.75) is 0 Å². The van der Waals surface area contributed by atoms with Gasteiger partial charge in [0.15, 0.2) is 17.5 Å². The molecule has 11 aromatic carbocycles. The lowest BCUT2D eigenvalue weighted by Gasteiger charge is -2.12. The van der Waals surface area contributed by atoms with Gasteiger partial charge in [-0.1, -0.05) is 176 Å². The van der Waals surface area contributed by atoms with Crippen molar-refractivity contribution in [3.05, 3.63) is 267 Å². The monoisotopic (exact) mass is 956 g/mol. The Morgan fingerprint density at radius 3 is 1.08 bits per heavy atom. The van der Waals surface area contributed by atoms with E-state index < -0.39 is 0 Å². The van der Waals surface area contributed by atoms with Crippen molar-refractivity contribution in [1.29, 1.82) is 0 Å². The number of nitrogens with zero attached hydrogens (tertiary/aromatic N) is 6. The normalized spacial score (nSPS) is 11.7. The van der Waals surface area contributed by atoms with E-state index in [0.29, 0.717) is 17.5 Å². The van der Waals surface area contributed by atoms with E-state index >= 15 is 0 Å². The molecule has 350 valence electrons. The number of hydrogen-bond donors (Lipinski definition) is 0. The minimum Gasteiger partial charge on any atom is -0.309 e. The molecule has 4 heterocycles. The van der Waals surface area contributed by atoms with Gasteiger partial charge < -0.3 is 13.7 Å². The second kappa shape index (κ2) is 17.3. The Labute approximate surface area is 432 Å². The molecule has 0 aliphatic carbocycles. The van der Waals surface area contributed by atoms with Gasteiger partial charge in [-0.3, -0.25) is 0 Å². The molecule has 0 spiro atoms. The zero-order valence-corrected chi connectivity index (χ0v) is 40.6. The summed E-state index contributed by atoms with van der Waals surface area (Å²) in [5, 5.41) is 7.34. The van der Waals surface area contributed by atoms with Crippen LogP contribution in [-0.2, 0) is 0 Å². The predicted octanol–water partition coefficient (Wildman–Crippen LogP) is 17.5. The van der Waals surface area contributed by atoms with Gasteiger partial charge in [0.2, 0.25) is 0 Å². The molecule has 0 aliphatic rings. The number of aromatic nitrogens is 6. The molecule has 4 aromatic heterocycles. The Kier molecular flexibility index (Phi) is 9.78. The Hall–Kier alpha value is -10.2. The molecular weight excluding hydrogens is 913 g/mol. The first-order chi connectivity index (χ1) is 37.2. The maximum atomic E-state index is 5.03. The predicted molar refractivity (Wildman–Crippen MR) is 310 cm³/mol. The smallest absolute Gasteiger partial charge is 0.164 e. The summed E-state index contributed by atoms with van der Waals surface area (Å²) >= 11 is 0.